The lowest BCUT2D eigenvalue weighted by molar-refractivity contribution is 1.10. The van der Waals surface area contributed by atoms with Gasteiger partial charge >= 0.3 is 0 Å². The van der Waals surface area contributed by atoms with Crippen LogP contribution in [-0.2, 0) is 0 Å². The van der Waals surface area contributed by atoms with Crippen LogP contribution >= 0.6 is 0 Å². The van der Waals surface area contributed by atoms with Crippen LogP contribution in [0.2, 0.25) is 0 Å². The lowest BCUT2D eigenvalue weighted by Crippen LogP contribution is -1.96. The first-order chi connectivity index (χ1) is 6.86. The molecule has 2 aliphatic heterocycles. The number of benzene rings is 1. The predicted molar refractivity (Wildman–Crippen MR) is 54.9 cm³/mol. The van der Waals surface area contributed by atoms with E-state index in [1.165, 1.54) is 0 Å². The second kappa shape index (κ2) is 2.45. The number of H-pyrrole nitrogens is 1. The number of rotatable bonds is 0. The summed E-state index contributed by atoms with van der Waals surface area (Å²) >= 11 is 0. The highest BCUT2D eigenvalue weighted by Crippen LogP contribution is 2.30. The number of hydrogen-bond acceptors (Lipinski definition) is 3. The molecule has 14 heavy (non-hydrogen) atoms. The molecule has 0 unspecified atom stereocenters. The first-order valence-corrected chi connectivity index (χ1v) is 4.34. The molecule has 4 nitrogen and oxygen atoms in total. The summed E-state index contributed by atoms with van der Waals surface area (Å²) in [6, 6.07) is 7.96. The molecule has 3 N–H and O–H groups in total. The zero-order valence-corrected chi connectivity index (χ0v) is 7.36. The third-order valence-corrected chi connectivity index (χ3v) is 2.34. The summed E-state index contributed by atoms with van der Waals surface area (Å²) in [5.74, 6) is 0.566. The van der Waals surface area contributed by atoms with E-state index in [-0.39, 0.29) is 0 Å². The predicted octanol–water partition coefficient (Wildman–Crippen LogP) is 1.64. The highest BCUT2D eigenvalue weighted by atomic mass is 15.1. The molecule has 0 aromatic heterocycles. The van der Waals surface area contributed by atoms with Crippen molar-refractivity contribution in [1.29, 1.82) is 0 Å². The molecule has 1 aromatic rings. The van der Waals surface area contributed by atoms with Crippen LogP contribution in [0.4, 0.5) is 5.82 Å². The number of nitrogens with zero attached hydrogens (tertiary/aromatic N) is 2. The van der Waals surface area contributed by atoms with Gasteiger partial charge in [-0.3, -0.25) is 0 Å². The Morgan fingerprint density at radius 1 is 1.21 bits per heavy atom. The average molecular weight is 184 g/mol. The summed E-state index contributed by atoms with van der Waals surface area (Å²) in [6.07, 6.45) is 1.74. The van der Waals surface area contributed by atoms with E-state index in [1.54, 1.807) is 6.20 Å². The van der Waals surface area contributed by atoms with E-state index < -0.39 is 0 Å². The van der Waals surface area contributed by atoms with Crippen molar-refractivity contribution in [2.24, 2.45) is 0 Å². The minimum atomic E-state index is 0.566. The largest absolute Gasteiger partial charge is 0.383 e. The molecule has 0 saturated heterocycles. The number of fused-ring (bicyclic) bond motifs is 3. The molecule has 0 amide bonds. The van der Waals surface area contributed by atoms with Gasteiger partial charge in [0.05, 0.1) is 6.20 Å². The number of nitrogen functional groups attached to an aromatic ring is 1. The van der Waals surface area contributed by atoms with Crippen molar-refractivity contribution in [3.8, 4) is 11.3 Å². The molecule has 0 bridgehead atoms. The number of aromatic nitrogens is 3. The molecule has 3 rings (SSSR count). The van der Waals surface area contributed by atoms with E-state index in [0.29, 0.717) is 5.82 Å². The number of hydrogen-bond donors (Lipinski definition) is 2. The van der Waals surface area contributed by atoms with Gasteiger partial charge in [-0.25, -0.2) is 0 Å². The summed E-state index contributed by atoms with van der Waals surface area (Å²) in [6.45, 7) is 0. The average Bonchev–Trinajstić information content (AvgIpc) is 2.67. The number of anilines is 1. The number of aromatic amines is 1. The van der Waals surface area contributed by atoms with Gasteiger partial charge in [0, 0.05) is 16.5 Å². The van der Waals surface area contributed by atoms with Gasteiger partial charge in [-0.1, -0.05) is 18.2 Å². The third kappa shape index (κ3) is 0.821. The SMILES string of the molecule is Nc1[nH]c2ccccc2c2cnnc1-2. The standard InChI is InChI=1S/C10H8N4/c11-10-9-7(5-12-14-9)6-3-1-2-4-8(6)13-10/h1-5,13H,11H2. The van der Waals surface area contributed by atoms with Crippen molar-refractivity contribution >= 4 is 16.7 Å². The zero-order chi connectivity index (χ0) is 9.54. The molecule has 4 heteroatoms. The van der Waals surface area contributed by atoms with Gasteiger partial charge in [0.15, 0.2) is 0 Å². The van der Waals surface area contributed by atoms with Crippen molar-refractivity contribution in [3.05, 3.63) is 30.5 Å². The molecule has 0 atom stereocenters. The fraction of sp³-hybridized carbons (Fsp3) is 0. The lowest BCUT2D eigenvalue weighted by atomic mass is 10.1. The molecule has 0 saturated carbocycles. The van der Waals surface area contributed by atoms with Gasteiger partial charge in [0.25, 0.3) is 0 Å². The van der Waals surface area contributed by atoms with Crippen LogP contribution in [-0.4, -0.2) is 15.2 Å². The van der Waals surface area contributed by atoms with Crippen LogP contribution in [0, 0.1) is 0 Å². The van der Waals surface area contributed by atoms with Gasteiger partial charge in [0.2, 0.25) is 0 Å². The van der Waals surface area contributed by atoms with Crippen LogP contribution in [0.1, 0.15) is 0 Å². The van der Waals surface area contributed by atoms with Crippen molar-refractivity contribution in [2.75, 3.05) is 5.73 Å². The fourth-order valence-electron chi connectivity index (χ4n) is 1.69. The maximum absolute atomic E-state index is 5.81. The Balaban J connectivity index is 2.58. The van der Waals surface area contributed by atoms with E-state index in [9.17, 15) is 0 Å². The Kier molecular flexibility index (Phi) is 1.28. The van der Waals surface area contributed by atoms with Crippen LogP contribution in [0.5, 0.6) is 0 Å². The van der Waals surface area contributed by atoms with E-state index in [2.05, 4.69) is 15.2 Å². The molecule has 2 aliphatic rings. The van der Waals surface area contributed by atoms with Gasteiger partial charge in [-0.2, -0.15) is 5.10 Å². The van der Waals surface area contributed by atoms with Crippen molar-refractivity contribution < 1.29 is 0 Å². The van der Waals surface area contributed by atoms with Crippen molar-refractivity contribution in [2.45, 2.75) is 0 Å². The number of para-hydroxylation sites is 1. The minimum Gasteiger partial charge on any atom is -0.383 e. The normalized spacial score (nSPS) is 11.1. The van der Waals surface area contributed by atoms with Crippen LogP contribution in [0.25, 0.3) is 22.2 Å². The summed E-state index contributed by atoms with van der Waals surface area (Å²) in [7, 11) is 0. The molecule has 0 spiro atoms. The van der Waals surface area contributed by atoms with E-state index in [4.69, 9.17) is 5.73 Å². The molecule has 68 valence electrons. The monoisotopic (exact) mass is 184 g/mol. The molecular weight excluding hydrogens is 176 g/mol. The van der Waals surface area contributed by atoms with Crippen LogP contribution in [0.3, 0.4) is 0 Å². The van der Waals surface area contributed by atoms with Gasteiger partial charge < -0.3 is 10.7 Å². The smallest absolute Gasteiger partial charge is 0.135 e. The summed E-state index contributed by atoms with van der Waals surface area (Å²) in [5.41, 5.74) is 8.55. The Hall–Kier alpha value is -2.10. The minimum absolute atomic E-state index is 0.566. The molecule has 0 fully saturated rings. The molecule has 0 radical (unpaired) electrons. The van der Waals surface area contributed by atoms with Crippen molar-refractivity contribution in [1.82, 2.24) is 15.2 Å². The Bertz CT molecular complexity index is 569. The zero-order valence-electron chi connectivity index (χ0n) is 7.36. The van der Waals surface area contributed by atoms with E-state index in [1.807, 2.05) is 24.3 Å². The maximum atomic E-state index is 5.81. The first kappa shape index (κ1) is 7.32. The second-order valence-corrected chi connectivity index (χ2v) is 3.19. The van der Waals surface area contributed by atoms with Gasteiger partial charge in [0.1, 0.15) is 11.5 Å². The summed E-state index contributed by atoms with van der Waals surface area (Å²) in [5, 5.41) is 8.92. The van der Waals surface area contributed by atoms with E-state index in [0.717, 1.165) is 22.2 Å². The highest BCUT2D eigenvalue weighted by molar-refractivity contribution is 5.97. The topological polar surface area (TPSA) is 67.6 Å². The molecule has 0 aliphatic carbocycles. The molecule has 2 heterocycles. The quantitative estimate of drug-likeness (QED) is 0.558. The Morgan fingerprint density at radius 2 is 2.07 bits per heavy atom. The van der Waals surface area contributed by atoms with Crippen LogP contribution in [0.15, 0.2) is 30.5 Å². The summed E-state index contributed by atoms with van der Waals surface area (Å²) < 4.78 is 0. The summed E-state index contributed by atoms with van der Waals surface area (Å²) in [4.78, 5) is 3.09. The highest BCUT2D eigenvalue weighted by Gasteiger charge is 2.13. The number of nitrogens with one attached hydrogen (secondary N) is 1. The molecular formula is C10H8N4. The van der Waals surface area contributed by atoms with Gasteiger partial charge in [-0.05, 0) is 6.07 Å². The second-order valence-electron chi connectivity index (χ2n) is 3.19. The third-order valence-electron chi connectivity index (χ3n) is 2.34. The maximum Gasteiger partial charge on any atom is 0.135 e. The lowest BCUT2D eigenvalue weighted by Gasteiger charge is -2.06. The Morgan fingerprint density at radius 3 is 3.00 bits per heavy atom. The van der Waals surface area contributed by atoms with E-state index >= 15 is 0 Å². The Labute approximate surface area is 80.1 Å². The number of nitrogens with two attached hydrogens (primary N) is 1. The van der Waals surface area contributed by atoms with Gasteiger partial charge in [-0.15, -0.1) is 5.10 Å². The number of pyridine rings is 1. The first-order valence-electron chi connectivity index (χ1n) is 4.34. The van der Waals surface area contributed by atoms with Crippen molar-refractivity contribution in [3.63, 3.8) is 0 Å². The van der Waals surface area contributed by atoms with Crippen LogP contribution < -0.4 is 5.73 Å². The molecule has 1 aromatic carbocycles. The fourth-order valence-corrected chi connectivity index (χ4v) is 1.69.